The monoisotopic (exact) mass is 349 g/mol. The predicted molar refractivity (Wildman–Crippen MR) is 82.7 cm³/mol. The number of hydrogen-bond acceptors (Lipinski definition) is 2. The van der Waals surface area contributed by atoms with Crippen molar-refractivity contribution >= 4 is 33.5 Å². The number of carboxylic acids is 1. The van der Waals surface area contributed by atoms with Crippen molar-refractivity contribution in [1.29, 1.82) is 0 Å². The van der Waals surface area contributed by atoms with Crippen LogP contribution in [0.5, 0.6) is 0 Å². The Morgan fingerprint density at radius 3 is 2.29 bits per heavy atom. The van der Waals surface area contributed by atoms with Crippen molar-refractivity contribution in [3.05, 3.63) is 40.9 Å². The maximum absolute atomic E-state index is 12.6. The van der Waals surface area contributed by atoms with E-state index in [0.717, 1.165) is 17.3 Å². The van der Waals surface area contributed by atoms with Crippen LogP contribution in [0.1, 0.15) is 12.8 Å². The van der Waals surface area contributed by atoms with E-state index in [-0.39, 0.29) is 17.7 Å². The van der Waals surface area contributed by atoms with Crippen molar-refractivity contribution in [2.45, 2.75) is 12.8 Å². The summed E-state index contributed by atoms with van der Waals surface area (Å²) in [5, 5.41) is 12.3. The van der Waals surface area contributed by atoms with Gasteiger partial charge in [0.1, 0.15) is 0 Å². The van der Waals surface area contributed by atoms with Crippen molar-refractivity contribution in [3.63, 3.8) is 0 Å². The molecule has 0 saturated heterocycles. The number of halogens is 1. The van der Waals surface area contributed by atoms with E-state index >= 15 is 0 Å². The van der Waals surface area contributed by atoms with E-state index in [2.05, 4.69) is 21.2 Å². The third-order valence-corrected chi connectivity index (χ3v) is 5.16. The molecule has 0 heterocycles. The maximum Gasteiger partial charge on any atom is 0.307 e. The lowest BCUT2D eigenvalue weighted by molar-refractivity contribution is -0.151. The largest absolute Gasteiger partial charge is 0.481 e. The van der Waals surface area contributed by atoms with Crippen LogP contribution < -0.4 is 5.32 Å². The number of carbonyl (C=O) groups excluding carboxylic acids is 1. The molecule has 1 saturated carbocycles. The summed E-state index contributed by atoms with van der Waals surface area (Å²) in [6, 6.07) is 7.35. The van der Waals surface area contributed by atoms with Crippen LogP contribution in [0, 0.1) is 23.7 Å². The van der Waals surface area contributed by atoms with E-state index in [9.17, 15) is 14.7 Å². The first-order valence-electron chi connectivity index (χ1n) is 7.04. The number of rotatable bonds is 3. The zero-order valence-electron chi connectivity index (χ0n) is 11.3. The number of benzene rings is 1. The van der Waals surface area contributed by atoms with Crippen LogP contribution in [0.15, 0.2) is 40.9 Å². The Labute approximate surface area is 131 Å². The SMILES string of the molecule is O=C(Nc1ccccc1Br)[C@@H]1[C@H](C(=O)O)[C@H]2C=C[C@H]1CC2. The van der Waals surface area contributed by atoms with Gasteiger partial charge in [-0.25, -0.2) is 0 Å². The van der Waals surface area contributed by atoms with Crippen molar-refractivity contribution in [2.75, 3.05) is 5.32 Å². The van der Waals surface area contributed by atoms with Gasteiger partial charge in [0, 0.05) is 4.47 Å². The number of nitrogens with one attached hydrogen (secondary N) is 1. The first-order chi connectivity index (χ1) is 10.1. The zero-order chi connectivity index (χ0) is 15.0. The number of para-hydroxylation sites is 1. The molecule has 0 radical (unpaired) electrons. The van der Waals surface area contributed by atoms with Gasteiger partial charge < -0.3 is 10.4 Å². The topological polar surface area (TPSA) is 66.4 Å². The van der Waals surface area contributed by atoms with Gasteiger partial charge in [0.15, 0.2) is 0 Å². The summed E-state index contributed by atoms with van der Waals surface area (Å²) in [6.45, 7) is 0. The summed E-state index contributed by atoms with van der Waals surface area (Å²) < 4.78 is 0.793. The second-order valence-electron chi connectivity index (χ2n) is 5.65. The molecule has 3 aliphatic rings. The Kier molecular flexibility index (Phi) is 3.85. The van der Waals surface area contributed by atoms with Gasteiger partial charge in [0.2, 0.25) is 5.91 Å². The van der Waals surface area contributed by atoms with E-state index in [4.69, 9.17) is 0 Å². The molecule has 0 spiro atoms. The maximum atomic E-state index is 12.6. The summed E-state index contributed by atoms with van der Waals surface area (Å²) in [6.07, 6.45) is 5.73. The molecule has 0 aromatic heterocycles. The second-order valence-corrected chi connectivity index (χ2v) is 6.50. The molecule has 4 atom stereocenters. The fraction of sp³-hybridized carbons (Fsp3) is 0.375. The van der Waals surface area contributed by atoms with Gasteiger partial charge in [-0.05, 0) is 52.7 Å². The van der Waals surface area contributed by atoms with E-state index in [1.165, 1.54) is 0 Å². The molecule has 1 amide bonds. The highest BCUT2D eigenvalue weighted by atomic mass is 79.9. The third kappa shape index (κ3) is 2.62. The fourth-order valence-electron chi connectivity index (χ4n) is 3.47. The lowest BCUT2D eigenvalue weighted by Gasteiger charge is -2.41. The molecule has 1 aromatic carbocycles. The first-order valence-corrected chi connectivity index (χ1v) is 7.84. The Morgan fingerprint density at radius 1 is 1.10 bits per heavy atom. The molecule has 3 aliphatic carbocycles. The van der Waals surface area contributed by atoms with Gasteiger partial charge in [-0.15, -0.1) is 0 Å². The van der Waals surface area contributed by atoms with Crippen LogP contribution in [-0.2, 0) is 9.59 Å². The number of allylic oxidation sites excluding steroid dienone is 2. The fourth-order valence-corrected chi connectivity index (χ4v) is 3.85. The number of anilines is 1. The van der Waals surface area contributed by atoms with Crippen LogP contribution >= 0.6 is 15.9 Å². The molecule has 0 aliphatic heterocycles. The highest BCUT2D eigenvalue weighted by molar-refractivity contribution is 9.10. The molecular formula is C16H16BrNO3. The highest BCUT2D eigenvalue weighted by Gasteiger charge is 2.48. The van der Waals surface area contributed by atoms with Crippen LogP contribution in [0.4, 0.5) is 5.69 Å². The Balaban J connectivity index is 1.85. The summed E-state index contributed by atoms with van der Waals surface area (Å²) in [4.78, 5) is 24.2. The Hall–Kier alpha value is -1.62. The Morgan fingerprint density at radius 2 is 1.71 bits per heavy atom. The van der Waals surface area contributed by atoms with Gasteiger partial charge in [-0.3, -0.25) is 9.59 Å². The summed E-state index contributed by atoms with van der Waals surface area (Å²) in [5.74, 6) is -2.18. The number of carboxylic acid groups (broad SMARTS) is 1. The van der Waals surface area contributed by atoms with Gasteiger partial charge in [0.05, 0.1) is 17.5 Å². The normalized spacial score (nSPS) is 30.1. The molecule has 0 unspecified atom stereocenters. The second kappa shape index (κ2) is 5.64. The molecule has 1 aromatic rings. The molecule has 2 N–H and O–H groups in total. The molecule has 110 valence electrons. The van der Waals surface area contributed by atoms with Gasteiger partial charge >= 0.3 is 5.97 Å². The number of carbonyl (C=O) groups is 2. The van der Waals surface area contributed by atoms with Crippen LogP contribution in [0.25, 0.3) is 0 Å². The van der Waals surface area contributed by atoms with Gasteiger partial charge in [-0.1, -0.05) is 24.3 Å². The van der Waals surface area contributed by atoms with Gasteiger partial charge in [0.25, 0.3) is 0 Å². The predicted octanol–water partition coefficient (Wildman–Crippen LogP) is 3.30. The third-order valence-electron chi connectivity index (χ3n) is 4.47. The minimum Gasteiger partial charge on any atom is -0.481 e. The average molecular weight is 350 g/mol. The van der Waals surface area contributed by atoms with E-state index < -0.39 is 17.8 Å². The summed E-state index contributed by atoms with van der Waals surface area (Å²) >= 11 is 3.39. The van der Waals surface area contributed by atoms with E-state index in [0.29, 0.717) is 5.69 Å². The molecular weight excluding hydrogens is 334 g/mol. The molecule has 2 bridgehead atoms. The van der Waals surface area contributed by atoms with Crippen molar-refractivity contribution in [2.24, 2.45) is 23.7 Å². The van der Waals surface area contributed by atoms with Crippen LogP contribution in [-0.4, -0.2) is 17.0 Å². The van der Waals surface area contributed by atoms with Crippen LogP contribution in [0.2, 0.25) is 0 Å². The average Bonchev–Trinajstić information content (AvgIpc) is 2.49. The minimum absolute atomic E-state index is 0.0255. The first kappa shape index (κ1) is 14.3. The van der Waals surface area contributed by atoms with Crippen molar-refractivity contribution in [3.8, 4) is 0 Å². The molecule has 21 heavy (non-hydrogen) atoms. The minimum atomic E-state index is -0.874. The molecule has 1 fully saturated rings. The molecule has 4 rings (SSSR count). The lowest BCUT2D eigenvalue weighted by atomic mass is 9.62. The Bertz CT molecular complexity index is 613. The number of amides is 1. The lowest BCUT2D eigenvalue weighted by Crippen LogP contribution is -2.47. The standard InChI is InChI=1S/C16H16BrNO3/c17-11-3-1-2-4-12(11)18-15(19)13-9-5-7-10(8-6-9)14(13)16(20)21/h1-5,7,9-10,13-14H,6,8H2,(H,18,19)(H,20,21)/t9-,10-,13-,14+/m0/s1. The quantitative estimate of drug-likeness (QED) is 0.822. The van der Waals surface area contributed by atoms with Crippen molar-refractivity contribution < 1.29 is 14.7 Å². The smallest absolute Gasteiger partial charge is 0.307 e. The number of aliphatic carboxylic acids is 1. The summed E-state index contributed by atoms with van der Waals surface area (Å²) in [5.41, 5.74) is 0.678. The number of hydrogen-bond donors (Lipinski definition) is 2. The molecule has 5 heteroatoms. The highest BCUT2D eigenvalue weighted by Crippen LogP contribution is 2.45. The van der Waals surface area contributed by atoms with Gasteiger partial charge in [-0.2, -0.15) is 0 Å². The van der Waals surface area contributed by atoms with Crippen molar-refractivity contribution in [1.82, 2.24) is 0 Å². The van der Waals surface area contributed by atoms with E-state index in [1.807, 2.05) is 30.4 Å². The summed E-state index contributed by atoms with van der Waals surface area (Å²) in [7, 11) is 0. The number of fused-ring (bicyclic) bond motifs is 2. The molecule has 4 nitrogen and oxygen atoms in total. The zero-order valence-corrected chi connectivity index (χ0v) is 12.9. The van der Waals surface area contributed by atoms with E-state index in [1.54, 1.807) is 6.07 Å². The van der Waals surface area contributed by atoms with Crippen LogP contribution in [0.3, 0.4) is 0 Å².